The SMILES string of the molecule is Cc1c(NC(=O)c2ccc(F)c(Br)c2)cccc1C(=O)O. The fourth-order valence-electron chi connectivity index (χ4n) is 1.83. The summed E-state index contributed by atoms with van der Waals surface area (Å²) in [6.07, 6.45) is 0. The van der Waals surface area contributed by atoms with E-state index >= 15 is 0 Å². The van der Waals surface area contributed by atoms with Crippen LogP contribution in [0.15, 0.2) is 40.9 Å². The van der Waals surface area contributed by atoms with Gasteiger partial charge in [-0.2, -0.15) is 0 Å². The molecular formula is C15H11BrFNO3. The second kappa shape index (κ2) is 6.05. The molecule has 6 heteroatoms. The van der Waals surface area contributed by atoms with Crippen molar-refractivity contribution >= 4 is 33.5 Å². The smallest absolute Gasteiger partial charge is 0.336 e. The number of hydrogen-bond donors (Lipinski definition) is 2. The van der Waals surface area contributed by atoms with Crippen LogP contribution >= 0.6 is 15.9 Å². The summed E-state index contributed by atoms with van der Waals surface area (Å²) in [6.45, 7) is 1.61. The van der Waals surface area contributed by atoms with Gasteiger partial charge in [0.2, 0.25) is 0 Å². The lowest BCUT2D eigenvalue weighted by molar-refractivity contribution is 0.0695. The fraction of sp³-hybridized carbons (Fsp3) is 0.0667. The molecule has 0 radical (unpaired) electrons. The quantitative estimate of drug-likeness (QED) is 0.882. The van der Waals surface area contributed by atoms with E-state index in [2.05, 4.69) is 21.2 Å². The van der Waals surface area contributed by atoms with Gasteiger partial charge >= 0.3 is 5.97 Å². The molecule has 21 heavy (non-hydrogen) atoms. The zero-order valence-corrected chi connectivity index (χ0v) is 12.6. The number of benzene rings is 2. The molecule has 0 saturated heterocycles. The molecule has 0 atom stereocenters. The molecule has 0 aromatic heterocycles. The zero-order chi connectivity index (χ0) is 15.6. The first-order valence-corrected chi connectivity index (χ1v) is 6.78. The Morgan fingerprint density at radius 1 is 1.24 bits per heavy atom. The normalized spacial score (nSPS) is 10.2. The summed E-state index contributed by atoms with van der Waals surface area (Å²) in [5.41, 5.74) is 1.25. The Balaban J connectivity index is 2.29. The predicted molar refractivity (Wildman–Crippen MR) is 80.2 cm³/mol. The molecule has 0 heterocycles. The Hall–Kier alpha value is -2.21. The van der Waals surface area contributed by atoms with Gasteiger partial charge in [-0.1, -0.05) is 6.07 Å². The maximum atomic E-state index is 13.2. The number of aromatic carboxylic acids is 1. The molecule has 1 amide bonds. The molecule has 2 rings (SSSR count). The largest absolute Gasteiger partial charge is 0.478 e. The topological polar surface area (TPSA) is 66.4 Å². The summed E-state index contributed by atoms with van der Waals surface area (Å²) in [4.78, 5) is 23.2. The van der Waals surface area contributed by atoms with Crippen molar-refractivity contribution < 1.29 is 19.1 Å². The van der Waals surface area contributed by atoms with Gasteiger partial charge in [0, 0.05) is 11.3 Å². The Bertz CT molecular complexity index is 731. The highest BCUT2D eigenvalue weighted by Gasteiger charge is 2.13. The van der Waals surface area contributed by atoms with Gasteiger partial charge in [0.05, 0.1) is 10.0 Å². The van der Waals surface area contributed by atoms with Gasteiger partial charge in [0.1, 0.15) is 5.82 Å². The molecule has 0 bridgehead atoms. The third kappa shape index (κ3) is 3.28. The highest BCUT2D eigenvalue weighted by molar-refractivity contribution is 9.10. The van der Waals surface area contributed by atoms with Crippen LogP contribution in [-0.2, 0) is 0 Å². The molecule has 108 valence electrons. The lowest BCUT2D eigenvalue weighted by Gasteiger charge is -2.10. The van der Waals surface area contributed by atoms with E-state index in [9.17, 15) is 14.0 Å². The van der Waals surface area contributed by atoms with Crippen molar-refractivity contribution in [1.29, 1.82) is 0 Å². The predicted octanol–water partition coefficient (Wildman–Crippen LogP) is 3.85. The van der Waals surface area contributed by atoms with E-state index in [0.29, 0.717) is 11.3 Å². The Labute approximate surface area is 128 Å². The molecule has 0 aliphatic heterocycles. The second-order valence-electron chi connectivity index (χ2n) is 4.37. The van der Waals surface area contributed by atoms with Crippen LogP contribution in [0, 0.1) is 12.7 Å². The monoisotopic (exact) mass is 351 g/mol. The van der Waals surface area contributed by atoms with Gasteiger partial charge in [-0.3, -0.25) is 4.79 Å². The Kier molecular flexibility index (Phi) is 4.37. The highest BCUT2D eigenvalue weighted by Crippen LogP contribution is 2.21. The molecule has 4 nitrogen and oxygen atoms in total. The average Bonchev–Trinajstić information content (AvgIpc) is 2.43. The minimum Gasteiger partial charge on any atom is -0.478 e. The van der Waals surface area contributed by atoms with Crippen molar-refractivity contribution in [3.8, 4) is 0 Å². The first-order chi connectivity index (χ1) is 9.90. The van der Waals surface area contributed by atoms with Gasteiger partial charge < -0.3 is 10.4 Å². The number of nitrogens with one attached hydrogen (secondary N) is 1. The van der Waals surface area contributed by atoms with E-state index in [1.807, 2.05) is 0 Å². The Morgan fingerprint density at radius 2 is 1.95 bits per heavy atom. The van der Waals surface area contributed by atoms with E-state index in [4.69, 9.17) is 5.11 Å². The van der Waals surface area contributed by atoms with E-state index in [0.717, 1.165) is 0 Å². The Morgan fingerprint density at radius 3 is 2.57 bits per heavy atom. The average molecular weight is 352 g/mol. The number of carboxylic acid groups (broad SMARTS) is 1. The molecule has 2 aromatic carbocycles. The number of carbonyl (C=O) groups excluding carboxylic acids is 1. The molecular weight excluding hydrogens is 341 g/mol. The number of carbonyl (C=O) groups is 2. The maximum absolute atomic E-state index is 13.2. The fourth-order valence-corrected chi connectivity index (χ4v) is 2.21. The zero-order valence-electron chi connectivity index (χ0n) is 11.0. The summed E-state index contributed by atoms with van der Waals surface area (Å²) in [7, 11) is 0. The molecule has 0 unspecified atom stereocenters. The second-order valence-corrected chi connectivity index (χ2v) is 5.22. The number of halogens is 2. The summed E-state index contributed by atoms with van der Waals surface area (Å²) < 4.78 is 13.3. The van der Waals surface area contributed by atoms with E-state index < -0.39 is 17.7 Å². The number of amides is 1. The van der Waals surface area contributed by atoms with Crippen molar-refractivity contribution in [3.05, 3.63) is 63.4 Å². The molecule has 0 saturated carbocycles. The van der Waals surface area contributed by atoms with E-state index in [1.54, 1.807) is 19.1 Å². The first kappa shape index (κ1) is 15.2. The van der Waals surface area contributed by atoms with Crippen molar-refractivity contribution in [1.82, 2.24) is 0 Å². The van der Waals surface area contributed by atoms with Crippen molar-refractivity contribution in [2.45, 2.75) is 6.92 Å². The summed E-state index contributed by atoms with van der Waals surface area (Å²) >= 11 is 3.01. The molecule has 2 aromatic rings. The van der Waals surface area contributed by atoms with Crippen molar-refractivity contribution in [2.75, 3.05) is 5.32 Å². The van der Waals surface area contributed by atoms with Crippen LogP contribution in [0.5, 0.6) is 0 Å². The van der Waals surface area contributed by atoms with Gasteiger partial charge in [-0.05, 0) is 58.7 Å². The van der Waals surface area contributed by atoms with E-state index in [-0.39, 0.29) is 15.6 Å². The standard InChI is InChI=1S/C15H11BrFNO3/c1-8-10(15(20)21)3-2-4-13(8)18-14(19)9-5-6-12(17)11(16)7-9/h2-7H,1H3,(H,18,19)(H,20,21). The molecule has 0 spiro atoms. The minimum absolute atomic E-state index is 0.119. The lowest BCUT2D eigenvalue weighted by Crippen LogP contribution is -2.14. The van der Waals surface area contributed by atoms with Gasteiger partial charge in [-0.25, -0.2) is 9.18 Å². The molecule has 0 aliphatic carbocycles. The molecule has 0 fully saturated rings. The van der Waals surface area contributed by atoms with Crippen LogP contribution in [0.3, 0.4) is 0 Å². The molecule has 2 N–H and O–H groups in total. The third-order valence-electron chi connectivity index (χ3n) is 2.99. The van der Waals surface area contributed by atoms with Crippen LogP contribution in [0.25, 0.3) is 0 Å². The van der Waals surface area contributed by atoms with Gasteiger partial charge in [0.15, 0.2) is 0 Å². The van der Waals surface area contributed by atoms with Crippen LogP contribution in [-0.4, -0.2) is 17.0 Å². The van der Waals surface area contributed by atoms with Crippen LogP contribution in [0.1, 0.15) is 26.3 Å². The van der Waals surface area contributed by atoms with Crippen LogP contribution < -0.4 is 5.32 Å². The number of carboxylic acids is 1. The van der Waals surface area contributed by atoms with Crippen molar-refractivity contribution in [2.24, 2.45) is 0 Å². The summed E-state index contributed by atoms with van der Waals surface area (Å²) in [6, 6.07) is 8.51. The third-order valence-corrected chi connectivity index (χ3v) is 3.60. The summed E-state index contributed by atoms with van der Waals surface area (Å²) in [5.74, 6) is -1.97. The van der Waals surface area contributed by atoms with Crippen LogP contribution in [0.2, 0.25) is 0 Å². The number of hydrogen-bond acceptors (Lipinski definition) is 2. The first-order valence-electron chi connectivity index (χ1n) is 5.99. The lowest BCUT2D eigenvalue weighted by atomic mass is 10.1. The number of anilines is 1. The summed E-state index contributed by atoms with van der Waals surface area (Å²) in [5, 5.41) is 11.7. The molecule has 0 aliphatic rings. The van der Waals surface area contributed by atoms with Gasteiger partial charge in [0.25, 0.3) is 5.91 Å². The highest BCUT2D eigenvalue weighted by atomic mass is 79.9. The maximum Gasteiger partial charge on any atom is 0.336 e. The van der Waals surface area contributed by atoms with Crippen molar-refractivity contribution in [3.63, 3.8) is 0 Å². The van der Waals surface area contributed by atoms with Gasteiger partial charge in [-0.15, -0.1) is 0 Å². The number of rotatable bonds is 3. The minimum atomic E-state index is -1.06. The van der Waals surface area contributed by atoms with E-state index in [1.165, 1.54) is 24.3 Å². The van der Waals surface area contributed by atoms with Crippen LogP contribution in [0.4, 0.5) is 10.1 Å².